The first-order chi connectivity index (χ1) is 50.6. The second kappa shape index (κ2) is 33.9. The molecule has 3 fully saturated rings. The van der Waals surface area contributed by atoms with Gasteiger partial charge in [-0.1, -0.05) is 237 Å². The van der Waals surface area contributed by atoms with Gasteiger partial charge in [0.1, 0.15) is 73.1 Å². The van der Waals surface area contributed by atoms with E-state index in [-0.39, 0.29) is 81.7 Å². The van der Waals surface area contributed by atoms with Crippen LogP contribution in [-0.4, -0.2) is 155 Å². The van der Waals surface area contributed by atoms with Crippen LogP contribution in [0.1, 0.15) is 80.4 Å². The lowest BCUT2D eigenvalue weighted by molar-refractivity contribution is -0.377. The average molecular weight is 1390 g/mol. The number of imide groups is 2. The smallest absolute Gasteiger partial charge is 0.262 e. The number of carbonyl (C=O) groups excluding carboxylic acids is 4. The number of carbonyl (C=O) groups is 4. The van der Waals surface area contributed by atoms with Gasteiger partial charge in [-0.25, -0.2) is 0 Å². The zero-order chi connectivity index (χ0) is 70.4. The lowest BCUT2D eigenvalue weighted by atomic mass is 9.92. The molecule has 0 bridgehead atoms. The van der Waals surface area contributed by atoms with Gasteiger partial charge in [0.05, 0.1) is 88.3 Å². The van der Waals surface area contributed by atoms with Crippen LogP contribution in [0, 0.1) is 0 Å². The van der Waals surface area contributed by atoms with Crippen LogP contribution in [0.2, 0.25) is 0 Å². The molecule has 20 nitrogen and oxygen atoms in total. The highest BCUT2D eigenvalue weighted by molar-refractivity contribution is 6.22. The van der Waals surface area contributed by atoms with Crippen molar-refractivity contribution in [3.63, 3.8) is 0 Å². The van der Waals surface area contributed by atoms with Crippen molar-refractivity contribution in [2.45, 2.75) is 138 Å². The van der Waals surface area contributed by atoms with Gasteiger partial charge in [-0.3, -0.25) is 29.0 Å². The zero-order valence-electron chi connectivity index (χ0n) is 56.4. The van der Waals surface area contributed by atoms with Gasteiger partial charge in [0, 0.05) is 0 Å². The lowest BCUT2D eigenvalue weighted by Gasteiger charge is -2.53. The van der Waals surface area contributed by atoms with Gasteiger partial charge < -0.3 is 67.1 Å². The Morgan fingerprint density at radius 3 is 0.913 bits per heavy atom. The molecule has 2 N–H and O–H groups in total. The number of hydrogen-bond acceptors (Lipinski definition) is 18. The monoisotopic (exact) mass is 1390 g/mol. The van der Waals surface area contributed by atoms with Crippen LogP contribution in [0.5, 0.6) is 0 Å². The highest BCUT2D eigenvalue weighted by Crippen LogP contribution is 2.43. The molecule has 103 heavy (non-hydrogen) atoms. The topological polar surface area (TPSA) is 226 Å². The van der Waals surface area contributed by atoms with E-state index >= 15 is 19.2 Å². The quantitative estimate of drug-likeness (QED) is 0.0399. The van der Waals surface area contributed by atoms with Crippen molar-refractivity contribution in [3.8, 4) is 0 Å². The van der Waals surface area contributed by atoms with Crippen molar-refractivity contribution < 1.29 is 86.2 Å². The van der Waals surface area contributed by atoms with E-state index in [4.69, 9.17) is 56.8 Å². The van der Waals surface area contributed by atoms with E-state index in [9.17, 15) is 10.2 Å². The maximum absolute atomic E-state index is 15.8. The number of hydrogen-bond donors (Lipinski definition) is 2. The number of aliphatic hydroxyl groups is 2. The fourth-order valence-electron chi connectivity index (χ4n) is 13.9. The summed E-state index contributed by atoms with van der Waals surface area (Å²) >= 11 is 0. The summed E-state index contributed by atoms with van der Waals surface area (Å²) in [5, 5.41) is 24.1. The molecule has 5 aliphatic heterocycles. The van der Waals surface area contributed by atoms with Crippen molar-refractivity contribution >= 4 is 23.6 Å². The van der Waals surface area contributed by atoms with Crippen LogP contribution in [-0.2, 0) is 103 Å². The van der Waals surface area contributed by atoms with Crippen molar-refractivity contribution in [1.82, 2.24) is 9.80 Å². The molecule has 0 aliphatic carbocycles. The first-order valence-corrected chi connectivity index (χ1v) is 34.7. The number of aliphatic hydroxyl groups excluding tert-OH is 2. The van der Waals surface area contributed by atoms with Crippen LogP contribution in [0.15, 0.2) is 261 Å². The van der Waals surface area contributed by atoms with Gasteiger partial charge in [-0.2, -0.15) is 0 Å². The summed E-state index contributed by atoms with van der Waals surface area (Å²) in [6.07, 6.45) is -18.5. The van der Waals surface area contributed by atoms with E-state index in [0.717, 1.165) is 37.6 Å². The van der Waals surface area contributed by atoms with E-state index < -0.39 is 122 Å². The SMILES string of the molecule is O=C1c2ccccc2C(=O)N1[C@H]1[C@H](O[C@H]2[C@H](OCc3ccccc3)[C@@H](N3C(=O)c4ccccc4C3=O)[C@H](OCc3ccccc3)O[C@@H]2COCc2ccccc2)O[C@H](COCc2ccccc2)[C@@H](O[C@@H]2O[C@H](CO)[C@@H](OCc3ccccc3)[C@H](O)[C@@H]2OCc2ccccc2)[C@@H]1OCc1ccccc1. The highest BCUT2D eigenvalue weighted by atomic mass is 16.8. The van der Waals surface area contributed by atoms with Crippen LogP contribution in [0.25, 0.3) is 0 Å². The summed E-state index contributed by atoms with van der Waals surface area (Å²) < 4.78 is 84.7. The molecule has 5 heterocycles. The molecule has 0 radical (unpaired) electrons. The maximum Gasteiger partial charge on any atom is 0.262 e. The summed E-state index contributed by atoms with van der Waals surface area (Å²) in [4.78, 5) is 64.3. The van der Waals surface area contributed by atoms with Crippen molar-refractivity contribution in [1.29, 1.82) is 0 Å². The van der Waals surface area contributed by atoms with E-state index in [2.05, 4.69) is 0 Å². The number of nitrogens with zero attached hydrogens (tertiary/aromatic N) is 2. The Kier molecular flexibility index (Phi) is 23.3. The number of benzene rings is 9. The fraction of sp³-hybridized carbons (Fsp3) is 0.301. The van der Waals surface area contributed by atoms with Crippen molar-refractivity contribution in [3.05, 3.63) is 322 Å². The van der Waals surface area contributed by atoms with Crippen molar-refractivity contribution in [2.75, 3.05) is 19.8 Å². The molecule has 0 unspecified atom stereocenters. The third-order valence-electron chi connectivity index (χ3n) is 19.0. The molecular formula is C83H80N2O18. The summed E-state index contributed by atoms with van der Waals surface area (Å²) in [7, 11) is 0. The molecule has 0 saturated carbocycles. The van der Waals surface area contributed by atoms with Gasteiger partial charge in [0.25, 0.3) is 23.6 Å². The van der Waals surface area contributed by atoms with E-state index in [1.807, 2.05) is 212 Å². The van der Waals surface area contributed by atoms with E-state index in [1.54, 1.807) is 48.5 Å². The maximum atomic E-state index is 15.8. The Morgan fingerprint density at radius 1 is 0.291 bits per heavy atom. The standard InChI is InChI=1S/C83H80N2O18/c86-44-65-71(94-47-56-30-12-3-13-31-56)70(87)76(97-50-59-36-18-6-19-37-59)83(99-65)103-73-67(53-93-46-55-28-10-2-11-29-55)101-82(69(75(73)96-49-58-34-16-5-17-35-58)85-79(90)63-42-24-25-43-64(63)80(85)91)102-72-66(52-92-45-54-26-8-1-9-27-54)100-81(98-51-60-38-20-7-21-39-60)68(74(72)95-48-57-32-14-4-15-33-57)84-77(88)61-40-22-23-41-62(61)78(84)89/h1-43,65-76,81-83,86-87H,44-53H2/t65-,66-,67-,68-,69-,70+,71-,72-,73-,74-,75-,76+,81-,82+,83+/m1/s1. The molecular weight excluding hydrogens is 1310 g/mol. The molecule has 0 spiro atoms. The molecule has 9 aromatic carbocycles. The lowest BCUT2D eigenvalue weighted by Crippen LogP contribution is -2.71. The van der Waals surface area contributed by atoms with Gasteiger partial charge in [-0.05, 0) is 63.2 Å². The zero-order valence-corrected chi connectivity index (χ0v) is 56.4. The Hall–Kier alpha value is -9.30. The third-order valence-corrected chi connectivity index (χ3v) is 19.0. The Morgan fingerprint density at radius 2 is 0.563 bits per heavy atom. The number of fused-ring (bicyclic) bond motifs is 2. The minimum Gasteiger partial charge on any atom is -0.394 e. The molecule has 14 rings (SSSR count). The molecule has 5 aliphatic rings. The first kappa shape index (κ1) is 70.7. The largest absolute Gasteiger partial charge is 0.394 e. The van der Waals surface area contributed by atoms with Gasteiger partial charge in [0.2, 0.25) is 0 Å². The highest BCUT2D eigenvalue weighted by Gasteiger charge is 2.61. The van der Waals surface area contributed by atoms with Crippen molar-refractivity contribution in [2.24, 2.45) is 0 Å². The molecule has 4 amide bonds. The normalized spacial score (nSPS) is 26.1. The first-order valence-electron chi connectivity index (χ1n) is 34.7. The van der Waals surface area contributed by atoms with E-state index in [0.29, 0.717) is 11.1 Å². The second-order valence-corrected chi connectivity index (χ2v) is 25.9. The number of ether oxygens (including phenoxy) is 12. The number of rotatable bonds is 30. The van der Waals surface area contributed by atoms with Crippen LogP contribution in [0.3, 0.4) is 0 Å². The van der Waals surface area contributed by atoms with E-state index in [1.165, 1.54) is 0 Å². The average Bonchev–Trinajstić information content (AvgIpc) is 1.71. The summed E-state index contributed by atoms with van der Waals surface area (Å²) in [5.74, 6) is -2.73. The summed E-state index contributed by atoms with van der Waals surface area (Å²) in [5.41, 5.74) is 5.82. The molecule has 9 aromatic rings. The number of amides is 4. The molecule has 0 aromatic heterocycles. The third kappa shape index (κ3) is 16.4. The molecule has 3 saturated heterocycles. The van der Waals surface area contributed by atoms with Crippen LogP contribution < -0.4 is 0 Å². The molecule has 15 atom stereocenters. The second-order valence-electron chi connectivity index (χ2n) is 25.9. The van der Waals surface area contributed by atoms with Crippen LogP contribution in [0.4, 0.5) is 0 Å². The van der Waals surface area contributed by atoms with Gasteiger partial charge in [0.15, 0.2) is 18.9 Å². The Bertz CT molecular complexity index is 4160. The Labute approximate surface area is 597 Å². The minimum atomic E-state index is -1.78. The molecule has 20 heteroatoms. The Balaban J connectivity index is 0.921. The fourth-order valence-corrected chi connectivity index (χ4v) is 13.9. The predicted molar refractivity (Wildman–Crippen MR) is 374 cm³/mol. The minimum absolute atomic E-state index is 0.0413. The predicted octanol–water partition coefficient (Wildman–Crippen LogP) is 10.6. The van der Waals surface area contributed by atoms with Crippen LogP contribution >= 0.6 is 0 Å². The summed E-state index contributed by atoms with van der Waals surface area (Å²) in [6, 6.07) is 75.6. The molecule has 530 valence electrons. The summed E-state index contributed by atoms with van der Waals surface area (Å²) in [6.45, 7) is -1.30. The van der Waals surface area contributed by atoms with Gasteiger partial charge in [-0.15, -0.1) is 0 Å². The van der Waals surface area contributed by atoms with Gasteiger partial charge >= 0.3 is 0 Å².